The highest BCUT2D eigenvalue weighted by Gasteiger charge is 2.24. The number of rotatable bonds is 8. The first-order chi connectivity index (χ1) is 7.32. The van der Waals surface area contributed by atoms with Crippen molar-refractivity contribution in [3.63, 3.8) is 0 Å². The van der Waals surface area contributed by atoms with Gasteiger partial charge in [-0.3, -0.25) is 20.8 Å². The Morgan fingerprint density at radius 2 is 1.69 bits per heavy atom. The Bertz CT molecular complexity index is 211. The minimum atomic E-state index is -0.930. The third kappa shape index (κ3) is 7.62. The van der Waals surface area contributed by atoms with Crippen molar-refractivity contribution < 1.29 is 35.3 Å². The number of hydrogen-bond acceptors (Lipinski definition) is 9. The first kappa shape index (κ1) is 15.3. The summed E-state index contributed by atoms with van der Waals surface area (Å²) in [6.07, 6.45) is -1.58. The summed E-state index contributed by atoms with van der Waals surface area (Å²) in [6.45, 7) is 2.76. The summed E-state index contributed by atoms with van der Waals surface area (Å²) < 4.78 is 0. The van der Waals surface area contributed by atoms with Gasteiger partial charge in [-0.05, 0) is 20.3 Å². The lowest BCUT2D eigenvalue weighted by Crippen LogP contribution is -2.37. The lowest BCUT2D eigenvalue weighted by molar-refractivity contribution is -0.537. The Labute approximate surface area is 91.7 Å². The van der Waals surface area contributed by atoms with Crippen molar-refractivity contribution in [2.45, 2.75) is 38.9 Å². The monoisotopic (exact) mass is 240 g/mol. The maximum atomic E-state index is 10.7. The van der Waals surface area contributed by atoms with Gasteiger partial charge in [0, 0.05) is 6.42 Å². The molecule has 0 saturated carbocycles. The Balaban J connectivity index is 4.22. The Morgan fingerprint density at radius 3 is 2.06 bits per heavy atom. The second-order valence-corrected chi connectivity index (χ2v) is 3.20. The van der Waals surface area contributed by atoms with Gasteiger partial charge in [0.25, 0.3) is 0 Å². The Kier molecular flexibility index (Phi) is 7.29. The molecule has 0 amide bonds. The van der Waals surface area contributed by atoms with Gasteiger partial charge in [-0.2, -0.15) is 0 Å². The van der Waals surface area contributed by atoms with E-state index < -0.39 is 23.0 Å². The first-order valence-electron chi connectivity index (χ1n) is 4.51. The number of nitrogens with zero attached hydrogens (tertiary/aromatic N) is 2. The zero-order valence-electron chi connectivity index (χ0n) is 8.98. The van der Waals surface area contributed by atoms with Gasteiger partial charge in [0.05, 0.1) is 10.8 Å². The molecule has 4 N–H and O–H groups in total. The van der Waals surface area contributed by atoms with Crippen molar-refractivity contribution in [1.29, 1.82) is 0 Å². The van der Waals surface area contributed by atoms with E-state index in [9.17, 15) is 4.79 Å². The number of hydrogen-bond donors (Lipinski definition) is 4. The molecule has 0 aromatic carbocycles. The molecule has 0 unspecified atom stereocenters. The van der Waals surface area contributed by atoms with E-state index in [1.807, 2.05) is 0 Å². The minimum absolute atomic E-state index is 0.118. The highest BCUT2D eigenvalue weighted by Crippen LogP contribution is 2.12. The molecule has 0 fully saturated rings. The third-order valence-electron chi connectivity index (χ3n) is 1.79. The van der Waals surface area contributed by atoms with Gasteiger partial charge >= 0.3 is 0 Å². The molecule has 9 heteroatoms. The van der Waals surface area contributed by atoms with Crippen molar-refractivity contribution >= 4 is 5.78 Å². The fourth-order valence-corrected chi connectivity index (χ4v) is 1.06. The predicted molar refractivity (Wildman–Crippen MR) is 46.2 cm³/mol. The molecule has 0 radical (unpaired) electrons. The van der Waals surface area contributed by atoms with Gasteiger partial charge < -0.3 is 4.79 Å². The topological polar surface area (TPSA) is 123 Å². The SMILES string of the molecule is CC(=O)CC[C@@H](ON(O)O)[C@H](C)ON(O)O. The molecule has 0 bridgehead atoms. The molecule has 0 rings (SSSR count). The van der Waals surface area contributed by atoms with Crippen LogP contribution in [-0.2, 0) is 14.5 Å². The number of Topliss-reactive ketones (excluding diaryl/α,β-unsaturated/α-hetero) is 1. The van der Waals surface area contributed by atoms with Crippen molar-refractivity contribution in [1.82, 2.24) is 10.8 Å². The Morgan fingerprint density at radius 1 is 1.19 bits per heavy atom. The van der Waals surface area contributed by atoms with E-state index in [1.165, 1.54) is 13.8 Å². The summed E-state index contributed by atoms with van der Waals surface area (Å²) in [4.78, 5) is 19.6. The Hall–Kier alpha value is -0.650. The highest BCUT2D eigenvalue weighted by molar-refractivity contribution is 5.75. The molecular formula is C7H16N2O7. The van der Waals surface area contributed by atoms with Gasteiger partial charge in [-0.1, -0.05) is 0 Å². The number of carbonyl (C=O) groups is 1. The molecule has 9 nitrogen and oxygen atoms in total. The highest BCUT2D eigenvalue weighted by atomic mass is 17.1. The number of ketones is 1. The summed E-state index contributed by atoms with van der Waals surface area (Å²) in [6, 6.07) is 0. The van der Waals surface area contributed by atoms with Crippen LogP contribution in [0.15, 0.2) is 0 Å². The van der Waals surface area contributed by atoms with Crippen LogP contribution in [0.25, 0.3) is 0 Å². The summed E-state index contributed by atoms with van der Waals surface area (Å²) in [5, 5.41) is 32.7. The summed E-state index contributed by atoms with van der Waals surface area (Å²) in [7, 11) is 0. The van der Waals surface area contributed by atoms with E-state index in [2.05, 4.69) is 9.68 Å². The normalized spacial score (nSPS) is 15.5. The van der Waals surface area contributed by atoms with Crippen molar-refractivity contribution in [2.75, 3.05) is 0 Å². The fraction of sp³-hybridized carbons (Fsp3) is 0.857. The molecule has 0 aliphatic heterocycles. The number of carbonyl (C=O) groups excluding carboxylic acids is 1. The van der Waals surface area contributed by atoms with Crippen LogP contribution in [0.1, 0.15) is 26.7 Å². The van der Waals surface area contributed by atoms with Gasteiger partial charge in [-0.25, -0.2) is 9.68 Å². The summed E-state index contributed by atoms with van der Waals surface area (Å²) in [5.41, 5.74) is 0. The van der Waals surface area contributed by atoms with Gasteiger partial charge in [0.15, 0.2) is 0 Å². The average molecular weight is 240 g/mol. The zero-order chi connectivity index (χ0) is 12.7. The maximum Gasteiger partial charge on any atom is 0.129 e. The van der Waals surface area contributed by atoms with Crippen LogP contribution < -0.4 is 0 Å². The maximum absolute atomic E-state index is 10.7. The molecule has 2 atom stereocenters. The first-order valence-corrected chi connectivity index (χ1v) is 4.51. The van der Waals surface area contributed by atoms with E-state index in [4.69, 9.17) is 20.8 Å². The summed E-state index contributed by atoms with van der Waals surface area (Å²) in [5.74, 6) is -0.118. The second kappa shape index (κ2) is 7.60. The molecule has 0 saturated heterocycles. The van der Waals surface area contributed by atoms with Crippen LogP contribution in [0.3, 0.4) is 0 Å². The van der Waals surface area contributed by atoms with Crippen LogP contribution in [0.5, 0.6) is 0 Å². The van der Waals surface area contributed by atoms with E-state index in [0.29, 0.717) is 0 Å². The van der Waals surface area contributed by atoms with Crippen LogP contribution in [0.2, 0.25) is 0 Å². The van der Waals surface area contributed by atoms with Crippen LogP contribution in [-0.4, -0.2) is 49.6 Å². The largest absolute Gasteiger partial charge is 0.300 e. The quantitative estimate of drug-likeness (QED) is 0.438. The molecule has 0 spiro atoms. The second-order valence-electron chi connectivity index (χ2n) is 3.20. The zero-order valence-corrected chi connectivity index (χ0v) is 8.98. The minimum Gasteiger partial charge on any atom is -0.300 e. The molecule has 0 aliphatic carbocycles. The van der Waals surface area contributed by atoms with Crippen molar-refractivity contribution in [3.05, 3.63) is 0 Å². The average Bonchev–Trinajstić information content (AvgIpc) is 2.09. The molecule has 0 aromatic heterocycles. The van der Waals surface area contributed by atoms with Crippen molar-refractivity contribution in [2.24, 2.45) is 0 Å². The van der Waals surface area contributed by atoms with Gasteiger partial charge in [0.2, 0.25) is 0 Å². The summed E-state index contributed by atoms with van der Waals surface area (Å²) >= 11 is 0. The third-order valence-corrected chi connectivity index (χ3v) is 1.79. The van der Waals surface area contributed by atoms with Gasteiger partial charge in [-0.15, -0.1) is 0 Å². The van der Waals surface area contributed by atoms with Crippen LogP contribution >= 0.6 is 0 Å². The van der Waals surface area contributed by atoms with Crippen LogP contribution in [0.4, 0.5) is 0 Å². The molecule has 16 heavy (non-hydrogen) atoms. The van der Waals surface area contributed by atoms with E-state index >= 15 is 0 Å². The van der Waals surface area contributed by atoms with Crippen molar-refractivity contribution in [3.8, 4) is 0 Å². The van der Waals surface area contributed by atoms with E-state index in [-0.39, 0.29) is 18.6 Å². The standard InChI is InChI=1S/C7H16N2O7/c1-5(10)3-4-7(16-9(13)14)6(2)15-8(11)12/h6-7,11-14H,3-4H2,1-2H3/t6-,7+/m0/s1. The molecular weight excluding hydrogens is 224 g/mol. The van der Waals surface area contributed by atoms with E-state index in [0.717, 1.165) is 0 Å². The molecule has 0 aliphatic rings. The lowest BCUT2D eigenvalue weighted by Gasteiger charge is -2.24. The smallest absolute Gasteiger partial charge is 0.129 e. The van der Waals surface area contributed by atoms with Crippen LogP contribution in [0, 0.1) is 0 Å². The predicted octanol–water partition coefficient (Wildman–Crippen LogP) is 0.137. The molecule has 96 valence electrons. The van der Waals surface area contributed by atoms with E-state index in [1.54, 1.807) is 0 Å². The van der Waals surface area contributed by atoms with Gasteiger partial charge in [0.1, 0.15) is 18.0 Å². The lowest BCUT2D eigenvalue weighted by atomic mass is 10.1. The molecule has 0 aromatic rings. The fourth-order valence-electron chi connectivity index (χ4n) is 1.06. The molecule has 0 heterocycles.